The van der Waals surface area contributed by atoms with Gasteiger partial charge in [0.05, 0.1) is 31.4 Å². The molecule has 1 amide bonds. The van der Waals surface area contributed by atoms with Gasteiger partial charge in [-0.2, -0.15) is 0 Å². The highest BCUT2D eigenvalue weighted by molar-refractivity contribution is 6.46. The molecule has 0 aliphatic carbocycles. The molecule has 1 heterocycles. The Morgan fingerprint density at radius 2 is 1.78 bits per heavy atom. The van der Waals surface area contributed by atoms with E-state index in [0.717, 1.165) is 5.56 Å². The van der Waals surface area contributed by atoms with Crippen LogP contribution in [0.2, 0.25) is 0 Å². The van der Waals surface area contributed by atoms with E-state index in [-0.39, 0.29) is 37.7 Å². The maximum absolute atomic E-state index is 13.0. The summed E-state index contributed by atoms with van der Waals surface area (Å²) in [5.74, 6) is -1.10. The Balaban J connectivity index is 2.00. The van der Waals surface area contributed by atoms with E-state index in [1.807, 2.05) is 31.2 Å². The number of likely N-dealkylation sites (tertiary alicyclic amines) is 1. The minimum atomic E-state index is -0.748. The zero-order chi connectivity index (χ0) is 23.1. The molecule has 1 unspecified atom stereocenters. The molecule has 2 N–H and O–H groups in total. The van der Waals surface area contributed by atoms with Gasteiger partial charge >= 0.3 is 0 Å². The smallest absolute Gasteiger partial charge is 0.295 e. The van der Waals surface area contributed by atoms with Gasteiger partial charge in [0.2, 0.25) is 0 Å². The predicted molar refractivity (Wildman–Crippen MR) is 120 cm³/mol. The van der Waals surface area contributed by atoms with Crippen molar-refractivity contribution in [3.05, 3.63) is 83.4 Å². The second-order valence-corrected chi connectivity index (χ2v) is 7.36. The summed E-state index contributed by atoms with van der Waals surface area (Å²) in [5.41, 5.74) is 2.18. The summed E-state index contributed by atoms with van der Waals surface area (Å²) in [4.78, 5) is 27.2. The topological polar surface area (TPSA) is 96.3 Å². The Hall–Kier alpha value is -3.42. The van der Waals surface area contributed by atoms with Gasteiger partial charge in [-0.25, -0.2) is 0 Å². The highest BCUT2D eigenvalue weighted by Gasteiger charge is 2.45. The number of aryl methyl sites for hydroxylation is 1. The summed E-state index contributed by atoms with van der Waals surface area (Å²) < 4.78 is 10.8. The zero-order valence-corrected chi connectivity index (χ0v) is 18.0. The quantitative estimate of drug-likeness (QED) is 0.195. The molecule has 2 aromatic carbocycles. The lowest BCUT2D eigenvalue weighted by Gasteiger charge is -2.25. The van der Waals surface area contributed by atoms with Crippen LogP contribution in [-0.4, -0.2) is 59.8 Å². The van der Waals surface area contributed by atoms with Crippen LogP contribution in [0.3, 0.4) is 0 Å². The van der Waals surface area contributed by atoms with E-state index >= 15 is 0 Å². The minimum absolute atomic E-state index is 0.0285. The molecule has 0 radical (unpaired) electrons. The van der Waals surface area contributed by atoms with Gasteiger partial charge < -0.3 is 24.6 Å². The Bertz CT molecular complexity index is 994. The van der Waals surface area contributed by atoms with Crippen LogP contribution in [0.15, 0.2) is 66.8 Å². The van der Waals surface area contributed by atoms with Gasteiger partial charge in [-0.15, -0.1) is 0 Å². The SMILES string of the molecule is C=CCOc1ccc(C(O)=C2C(=O)C(=O)N(CCOCCO)C2c2ccc(C)cc2)cc1. The number of benzene rings is 2. The number of rotatable bonds is 10. The van der Waals surface area contributed by atoms with Crippen molar-refractivity contribution in [2.24, 2.45) is 0 Å². The Morgan fingerprint density at radius 1 is 1.09 bits per heavy atom. The highest BCUT2D eigenvalue weighted by atomic mass is 16.5. The molecular weight excluding hydrogens is 410 g/mol. The van der Waals surface area contributed by atoms with Crippen molar-refractivity contribution in [1.82, 2.24) is 4.90 Å². The highest BCUT2D eigenvalue weighted by Crippen LogP contribution is 2.39. The Morgan fingerprint density at radius 3 is 2.41 bits per heavy atom. The minimum Gasteiger partial charge on any atom is -0.507 e. The van der Waals surface area contributed by atoms with Crippen LogP contribution in [0, 0.1) is 6.92 Å². The Kier molecular flexibility index (Phi) is 7.81. The van der Waals surface area contributed by atoms with Gasteiger partial charge in [0.15, 0.2) is 0 Å². The standard InChI is InChI=1S/C25H27NO6/c1-3-14-32-20-10-8-19(9-11-20)23(28)21-22(18-6-4-17(2)5-7-18)26(25(30)24(21)29)12-15-31-16-13-27/h3-11,22,27-28H,1,12-16H2,2H3. The van der Waals surface area contributed by atoms with Gasteiger partial charge in [-0.05, 0) is 36.8 Å². The monoisotopic (exact) mass is 437 g/mol. The van der Waals surface area contributed by atoms with Gasteiger partial charge in [0.1, 0.15) is 18.1 Å². The average Bonchev–Trinajstić information content (AvgIpc) is 3.06. The molecule has 32 heavy (non-hydrogen) atoms. The van der Waals surface area contributed by atoms with E-state index < -0.39 is 17.7 Å². The number of carbonyl (C=O) groups excluding carboxylic acids is 2. The lowest BCUT2D eigenvalue weighted by Crippen LogP contribution is -2.33. The Labute approximate surface area is 187 Å². The van der Waals surface area contributed by atoms with Crippen LogP contribution in [0.4, 0.5) is 0 Å². The normalized spacial score (nSPS) is 17.6. The number of amides is 1. The summed E-state index contributed by atoms with van der Waals surface area (Å²) in [6.07, 6.45) is 1.63. The van der Waals surface area contributed by atoms with Crippen LogP contribution in [0.25, 0.3) is 5.76 Å². The molecule has 0 spiro atoms. The summed E-state index contributed by atoms with van der Waals surface area (Å²) >= 11 is 0. The van der Waals surface area contributed by atoms with Gasteiger partial charge in [-0.1, -0.05) is 42.5 Å². The summed E-state index contributed by atoms with van der Waals surface area (Å²) in [6, 6.07) is 13.4. The number of Topliss-reactive ketones (excluding diaryl/α,β-unsaturated/α-hetero) is 1. The number of aliphatic hydroxyl groups is 2. The van der Waals surface area contributed by atoms with Gasteiger partial charge in [-0.3, -0.25) is 9.59 Å². The molecule has 7 nitrogen and oxygen atoms in total. The largest absolute Gasteiger partial charge is 0.507 e. The first-order chi connectivity index (χ1) is 15.5. The number of hydrogen-bond donors (Lipinski definition) is 2. The summed E-state index contributed by atoms with van der Waals surface area (Å²) in [6.45, 7) is 6.21. The molecule has 0 bridgehead atoms. The fourth-order valence-corrected chi connectivity index (χ4v) is 3.56. The predicted octanol–water partition coefficient (Wildman–Crippen LogP) is 2.99. The maximum atomic E-state index is 13.0. The van der Waals surface area contributed by atoms with E-state index in [4.69, 9.17) is 14.6 Å². The second kappa shape index (κ2) is 10.7. The van der Waals surface area contributed by atoms with E-state index in [9.17, 15) is 14.7 Å². The lowest BCUT2D eigenvalue weighted by atomic mass is 9.94. The number of ether oxygens (including phenoxy) is 2. The third-order valence-electron chi connectivity index (χ3n) is 5.14. The van der Waals surface area contributed by atoms with E-state index in [1.54, 1.807) is 30.3 Å². The van der Waals surface area contributed by atoms with Crippen molar-refractivity contribution in [2.45, 2.75) is 13.0 Å². The number of carbonyl (C=O) groups is 2. The molecule has 1 aliphatic heterocycles. The van der Waals surface area contributed by atoms with E-state index in [1.165, 1.54) is 4.90 Å². The van der Waals surface area contributed by atoms with Crippen molar-refractivity contribution >= 4 is 17.4 Å². The molecule has 1 saturated heterocycles. The van der Waals surface area contributed by atoms with Crippen molar-refractivity contribution < 1.29 is 29.3 Å². The third kappa shape index (κ3) is 5.07. The fourth-order valence-electron chi connectivity index (χ4n) is 3.56. The maximum Gasteiger partial charge on any atom is 0.295 e. The first kappa shape index (κ1) is 23.2. The molecular formula is C25H27NO6. The fraction of sp³-hybridized carbons (Fsp3) is 0.280. The number of ketones is 1. The van der Waals surface area contributed by atoms with Gasteiger partial charge in [0.25, 0.3) is 11.7 Å². The summed E-state index contributed by atoms with van der Waals surface area (Å²) in [5, 5.41) is 20.0. The van der Waals surface area contributed by atoms with Gasteiger partial charge in [0, 0.05) is 12.1 Å². The molecule has 1 aliphatic rings. The molecule has 2 aromatic rings. The molecule has 1 atom stereocenters. The molecule has 0 saturated carbocycles. The van der Waals surface area contributed by atoms with Crippen molar-refractivity contribution in [1.29, 1.82) is 0 Å². The first-order valence-corrected chi connectivity index (χ1v) is 10.4. The number of hydrogen-bond acceptors (Lipinski definition) is 6. The first-order valence-electron chi connectivity index (χ1n) is 10.4. The van der Waals surface area contributed by atoms with Crippen molar-refractivity contribution in [2.75, 3.05) is 33.0 Å². The summed E-state index contributed by atoms with van der Waals surface area (Å²) in [7, 11) is 0. The van der Waals surface area contributed by atoms with Crippen LogP contribution in [-0.2, 0) is 14.3 Å². The van der Waals surface area contributed by atoms with Crippen LogP contribution < -0.4 is 4.74 Å². The second-order valence-electron chi connectivity index (χ2n) is 7.36. The van der Waals surface area contributed by atoms with Crippen molar-refractivity contribution in [3.63, 3.8) is 0 Å². The number of aliphatic hydroxyl groups excluding tert-OH is 2. The van der Waals surface area contributed by atoms with E-state index in [0.29, 0.717) is 23.5 Å². The number of nitrogens with zero attached hydrogens (tertiary/aromatic N) is 1. The third-order valence-corrected chi connectivity index (χ3v) is 5.14. The molecule has 7 heteroatoms. The van der Waals surface area contributed by atoms with Crippen LogP contribution in [0.5, 0.6) is 5.75 Å². The molecule has 1 fully saturated rings. The lowest BCUT2D eigenvalue weighted by molar-refractivity contribution is -0.140. The van der Waals surface area contributed by atoms with E-state index in [2.05, 4.69) is 6.58 Å². The average molecular weight is 437 g/mol. The molecule has 0 aromatic heterocycles. The van der Waals surface area contributed by atoms with Crippen LogP contribution in [0.1, 0.15) is 22.7 Å². The van der Waals surface area contributed by atoms with Crippen LogP contribution >= 0.6 is 0 Å². The van der Waals surface area contributed by atoms with Crippen molar-refractivity contribution in [3.8, 4) is 5.75 Å². The molecule has 3 rings (SSSR count). The zero-order valence-electron chi connectivity index (χ0n) is 18.0. The molecule has 168 valence electrons.